The first-order valence-corrected chi connectivity index (χ1v) is 11.1. The Morgan fingerprint density at radius 2 is 1.74 bits per heavy atom. The Morgan fingerprint density at radius 1 is 1.06 bits per heavy atom. The monoisotopic (exact) mass is 451 g/mol. The van der Waals surface area contributed by atoms with Gasteiger partial charge in [-0.3, -0.25) is 24.2 Å². The van der Waals surface area contributed by atoms with Crippen molar-refractivity contribution in [3.63, 3.8) is 0 Å². The fourth-order valence-electron chi connectivity index (χ4n) is 3.68. The molecule has 2 aromatic rings. The molecular weight excluding hydrogens is 430 g/mol. The number of thiocarbonyl (C=S) groups is 1. The Bertz CT molecular complexity index is 1160. The number of nitrogens with zero attached hydrogens (tertiary/aromatic N) is 2. The van der Waals surface area contributed by atoms with Crippen LogP contribution in [-0.4, -0.2) is 39.5 Å². The largest absolute Gasteiger partial charge is 0.324 e. The lowest BCUT2D eigenvalue weighted by molar-refractivity contribution is -0.123. The van der Waals surface area contributed by atoms with E-state index in [0.29, 0.717) is 31.7 Å². The third-order valence-corrected chi connectivity index (χ3v) is 6.59. The third-order valence-electron chi connectivity index (χ3n) is 5.19. The summed E-state index contributed by atoms with van der Waals surface area (Å²) >= 11 is 6.51. The molecule has 0 aliphatic carbocycles. The van der Waals surface area contributed by atoms with Gasteiger partial charge in [0.25, 0.3) is 11.8 Å². The number of benzene rings is 2. The zero-order valence-corrected chi connectivity index (χ0v) is 19.0. The van der Waals surface area contributed by atoms with Gasteiger partial charge in [-0.2, -0.15) is 0 Å². The van der Waals surface area contributed by atoms with E-state index >= 15 is 0 Å². The minimum absolute atomic E-state index is 0.103. The van der Waals surface area contributed by atoms with E-state index in [4.69, 9.17) is 12.2 Å². The second-order valence-electron chi connectivity index (χ2n) is 7.61. The van der Waals surface area contributed by atoms with Crippen molar-refractivity contribution in [3.8, 4) is 0 Å². The Labute approximate surface area is 190 Å². The molecule has 2 heterocycles. The van der Waals surface area contributed by atoms with Crippen LogP contribution in [0.5, 0.6) is 0 Å². The number of anilines is 2. The Kier molecular flexibility index (Phi) is 5.68. The molecule has 158 valence electrons. The van der Waals surface area contributed by atoms with Crippen LogP contribution in [0.15, 0.2) is 53.4 Å². The summed E-state index contributed by atoms with van der Waals surface area (Å²) in [5.74, 6) is -0.951. The average molecular weight is 452 g/mol. The fraction of sp³-hybridized carbons (Fsp3) is 0.217. The second kappa shape index (κ2) is 8.28. The van der Waals surface area contributed by atoms with Crippen LogP contribution in [0.2, 0.25) is 0 Å². The summed E-state index contributed by atoms with van der Waals surface area (Å²) in [6.45, 7) is 5.51. The van der Waals surface area contributed by atoms with Gasteiger partial charge in [0.15, 0.2) is 0 Å². The molecular formula is C23H21N3O3S2. The molecule has 6 nitrogen and oxygen atoms in total. The first-order chi connectivity index (χ1) is 14.8. The molecule has 2 aliphatic heterocycles. The van der Waals surface area contributed by atoms with Gasteiger partial charge in [-0.25, -0.2) is 0 Å². The number of thioether (sulfide) groups is 1. The number of aryl methyl sites for hydroxylation is 1. The summed E-state index contributed by atoms with van der Waals surface area (Å²) in [6, 6.07) is 14.5. The van der Waals surface area contributed by atoms with Crippen LogP contribution in [0.1, 0.15) is 25.0 Å². The maximum atomic E-state index is 13.4. The predicted molar refractivity (Wildman–Crippen MR) is 128 cm³/mol. The number of hydrogen-bond donors (Lipinski definition) is 1. The number of nitrogens with one attached hydrogen (secondary N) is 1. The highest BCUT2D eigenvalue weighted by molar-refractivity contribution is 8.26. The lowest BCUT2D eigenvalue weighted by Crippen LogP contribution is -2.36. The van der Waals surface area contributed by atoms with Gasteiger partial charge < -0.3 is 5.32 Å². The molecule has 0 unspecified atom stereocenters. The zero-order valence-electron chi connectivity index (χ0n) is 17.3. The van der Waals surface area contributed by atoms with E-state index in [1.165, 1.54) is 9.80 Å². The number of para-hydroxylation sites is 2. The maximum Gasteiger partial charge on any atom is 0.267 e. The molecule has 1 saturated heterocycles. The summed E-state index contributed by atoms with van der Waals surface area (Å²) in [5.41, 5.74) is 3.19. The van der Waals surface area contributed by atoms with Crippen molar-refractivity contribution in [1.82, 2.24) is 4.90 Å². The second-order valence-corrected chi connectivity index (χ2v) is 9.26. The van der Waals surface area contributed by atoms with Crippen molar-refractivity contribution in [1.29, 1.82) is 0 Å². The van der Waals surface area contributed by atoms with Crippen molar-refractivity contribution < 1.29 is 14.4 Å². The van der Waals surface area contributed by atoms with Crippen molar-refractivity contribution in [3.05, 3.63) is 64.6 Å². The fourth-order valence-corrected chi connectivity index (χ4v) is 5.27. The molecule has 0 atom stereocenters. The molecule has 31 heavy (non-hydrogen) atoms. The van der Waals surface area contributed by atoms with E-state index < -0.39 is 0 Å². The third kappa shape index (κ3) is 3.77. The van der Waals surface area contributed by atoms with E-state index in [2.05, 4.69) is 5.32 Å². The van der Waals surface area contributed by atoms with Crippen molar-refractivity contribution in [2.75, 3.05) is 16.8 Å². The van der Waals surface area contributed by atoms with Gasteiger partial charge >= 0.3 is 0 Å². The highest BCUT2D eigenvalue weighted by Crippen LogP contribution is 2.44. The van der Waals surface area contributed by atoms with Gasteiger partial charge in [0.05, 0.1) is 16.2 Å². The van der Waals surface area contributed by atoms with E-state index in [0.717, 1.165) is 17.3 Å². The van der Waals surface area contributed by atoms with E-state index in [9.17, 15) is 14.4 Å². The van der Waals surface area contributed by atoms with Gasteiger partial charge in [-0.05, 0) is 38.5 Å². The van der Waals surface area contributed by atoms with Crippen LogP contribution in [-0.2, 0) is 14.4 Å². The van der Waals surface area contributed by atoms with Gasteiger partial charge in [0, 0.05) is 17.3 Å². The number of carbonyl (C=O) groups excluding carboxylic acids is 3. The maximum absolute atomic E-state index is 13.4. The Hall–Kier alpha value is -2.97. The van der Waals surface area contributed by atoms with E-state index in [1.807, 2.05) is 51.1 Å². The summed E-state index contributed by atoms with van der Waals surface area (Å²) in [6.07, 6.45) is 0. The van der Waals surface area contributed by atoms with Crippen LogP contribution >= 0.6 is 24.0 Å². The standard InChI is InChI=1S/C23H21N3O3S2/c1-13(2)26-22(29)20(31-23(26)30)19-15-9-5-7-11-17(15)25(21(19)28)12-18(27)24-16-10-6-4-8-14(16)3/h4-11,13H,12H2,1-3H3,(H,24,27)/b20-19-. The topological polar surface area (TPSA) is 69.7 Å². The van der Waals surface area contributed by atoms with Crippen LogP contribution in [0.3, 0.4) is 0 Å². The molecule has 0 spiro atoms. The summed E-state index contributed by atoms with van der Waals surface area (Å²) in [5, 5.41) is 2.86. The van der Waals surface area contributed by atoms with Crippen molar-refractivity contribution in [2.45, 2.75) is 26.8 Å². The van der Waals surface area contributed by atoms with Crippen LogP contribution in [0.25, 0.3) is 5.57 Å². The van der Waals surface area contributed by atoms with E-state index in [1.54, 1.807) is 18.2 Å². The van der Waals surface area contributed by atoms with Crippen LogP contribution in [0, 0.1) is 6.92 Å². The summed E-state index contributed by atoms with van der Waals surface area (Å²) in [7, 11) is 0. The van der Waals surface area contributed by atoms with E-state index in [-0.39, 0.29) is 30.3 Å². The summed E-state index contributed by atoms with van der Waals surface area (Å²) in [4.78, 5) is 42.4. The molecule has 3 amide bonds. The molecule has 1 fully saturated rings. The van der Waals surface area contributed by atoms with Gasteiger partial charge in [-0.15, -0.1) is 0 Å². The zero-order chi connectivity index (χ0) is 22.3. The number of fused-ring (bicyclic) bond motifs is 1. The highest BCUT2D eigenvalue weighted by atomic mass is 32.2. The minimum atomic E-state index is -0.370. The molecule has 8 heteroatoms. The number of carbonyl (C=O) groups is 3. The van der Waals surface area contributed by atoms with Gasteiger partial charge in [-0.1, -0.05) is 60.4 Å². The number of rotatable bonds is 4. The number of hydrogen-bond acceptors (Lipinski definition) is 5. The first kappa shape index (κ1) is 21.3. The minimum Gasteiger partial charge on any atom is -0.324 e. The van der Waals surface area contributed by atoms with Gasteiger partial charge in [0.2, 0.25) is 5.91 Å². The first-order valence-electron chi connectivity index (χ1n) is 9.86. The van der Waals surface area contributed by atoms with Crippen molar-refractivity contribution in [2.24, 2.45) is 0 Å². The normalized spacial score (nSPS) is 18.3. The lowest BCUT2D eigenvalue weighted by Gasteiger charge is -2.18. The molecule has 2 aromatic carbocycles. The SMILES string of the molecule is Cc1ccccc1NC(=O)CN1C(=O)/C(=C2\SC(=S)N(C(C)C)C2=O)c2ccccc21. The summed E-state index contributed by atoms with van der Waals surface area (Å²) < 4.78 is 0.434. The predicted octanol–water partition coefficient (Wildman–Crippen LogP) is 3.96. The molecule has 1 N–H and O–H groups in total. The highest BCUT2D eigenvalue weighted by Gasteiger charge is 2.43. The number of amides is 3. The Balaban J connectivity index is 1.67. The smallest absolute Gasteiger partial charge is 0.267 e. The van der Waals surface area contributed by atoms with Gasteiger partial charge in [0.1, 0.15) is 10.9 Å². The molecule has 0 radical (unpaired) electrons. The lowest BCUT2D eigenvalue weighted by atomic mass is 10.1. The molecule has 0 aromatic heterocycles. The average Bonchev–Trinajstić information content (AvgIpc) is 3.16. The Morgan fingerprint density at radius 3 is 2.42 bits per heavy atom. The molecule has 4 rings (SSSR count). The van der Waals surface area contributed by atoms with Crippen LogP contribution in [0.4, 0.5) is 11.4 Å². The molecule has 0 saturated carbocycles. The molecule has 0 bridgehead atoms. The van der Waals surface area contributed by atoms with Crippen molar-refractivity contribution >= 4 is 63.0 Å². The quantitative estimate of drug-likeness (QED) is 0.563. The van der Waals surface area contributed by atoms with Crippen LogP contribution < -0.4 is 10.2 Å². The molecule has 2 aliphatic rings.